The molecule has 0 amide bonds. The number of aryl methyl sites for hydroxylation is 2. The first-order valence-corrected chi connectivity index (χ1v) is 6.66. The second-order valence-corrected chi connectivity index (χ2v) is 4.71. The second-order valence-electron chi connectivity index (χ2n) is 4.71. The van der Waals surface area contributed by atoms with Gasteiger partial charge in [0, 0.05) is 26.8 Å². The maximum absolute atomic E-state index is 4.21. The van der Waals surface area contributed by atoms with Gasteiger partial charge in [0.25, 0.3) is 0 Å². The predicted molar refractivity (Wildman–Crippen MR) is 96.8 cm³/mol. The first kappa shape index (κ1) is 17.5. The summed E-state index contributed by atoms with van der Waals surface area (Å²) in [5, 5.41) is 10.7. The van der Waals surface area contributed by atoms with Crippen LogP contribution in [-0.2, 0) is 20.1 Å². The molecule has 2 N–H and O–H groups in total. The Hall–Kier alpha value is -1.57. The molecule has 2 aromatic rings. The van der Waals surface area contributed by atoms with Crippen molar-refractivity contribution < 1.29 is 0 Å². The van der Waals surface area contributed by atoms with Crippen LogP contribution in [0.15, 0.2) is 41.5 Å². The molecule has 0 spiro atoms. The summed E-state index contributed by atoms with van der Waals surface area (Å²) in [6.07, 6.45) is 1.79. The zero-order chi connectivity index (χ0) is 14.4. The first-order chi connectivity index (χ1) is 9.69. The van der Waals surface area contributed by atoms with Crippen LogP contribution in [0, 0.1) is 6.92 Å². The molecule has 0 fully saturated rings. The molecule has 0 radical (unpaired) electrons. The Morgan fingerprint density at radius 1 is 1.14 bits per heavy atom. The quantitative estimate of drug-likeness (QED) is 0.471. The smallest absolute Gasteiger partial charge is 0.191 e. The number of aliphatic imine (C=N–C) groups is 1. The predicted octanol–water partition coefficient (Wildman–Crippen LogP) is 2.21. The van der Waals surface area contributed by atoms with Crippen LogP contribution in [0.3, 0.4) is 0 Å². The van der Waals surface area contributed by atoms with Crippen molar-refractivity contribution in [3.05, 3.63) is 53.3 Å². The number of nitrogens with zero attached hydrogens (tertiary/aromatic N) is 3. The van der Waals surface area contributed by atoms with E-state index in [1.54, 1.807) is 13.2 Å². The SMILES string of the molecule is CN=C(NCc1ccc(C)cc1)NCc1ccnn1C.I. The molecule has 2 rings (SSSR count). The van der Waals surface area contributed by atoms with Gasteiger partial charge in [-0.05, 0) is 18.6 Å². The number of rotatable bonds is 4. The third-order valence-corrected chi connectivity index (χ3v) is 3.16. The Morgan fingerprint density at radius 2 is 1.81 bits per heavy atom. The molecule has 6 heteroatoms. The van der Waals surface area contributed by atoms with Crippen LogP contribution in [0.1, 0.15) is 16.8 Å². The topological polar surface area (TPSA) is 54.2 Å². The molecule has 1 heterocycles. The molecule has 0 aliphatic carbocycles. The lowest BCUT2D eigenvalue weighted by atomic mass is 10.1. The average molecular weight is 399 g/mol. The number of halogens is 1. The molecule has 0 aliphatic heterocycles. The zero-order valence-electron chi connectivity index (χ0n) is 12.6. The van der Waals surface area contributed by atoms with E-state index in [1.807, 2.05) is 17.8 Å². The largest absolute Gasteiger partial charge is 0.352 e. The fourth-order valence-corrected chi connectivity index (χ4v) is 1.86. The molecule has 21 heavy (non-hydrogen) atoms. The standard InChI is InChI=1S/C15H21N5.HI/c1-12-4-6-13(7-5-12)10-17-15(16-2)18-11-14-8-9-19-20(14)3;/h4-9H,10-11H2,1-3H3,(H2,16,17,18);1H. The van der Waals surface area contributed by atoms with Gasteiger partial charge in [-0.25, -0.2) is 0 Å². The Morgan fingerprint density at radius 3 is 2.38 bits per heavy atom. The highest BCUT2D eigenvalue weighted by molar-refractivity contribution is 14.0. The number of benzene rings is 1. The highest BCUT2D eigenvalue weighted by Gasteiger charge is 2.01. The van der Waals surface area contributed by atoms with E-state index in [2.05, 4.69) is 51.9 Å². The Labute approximate surface area is 142 Å². The lowest BCUT2D eigenvalue weighted by Crippen LogP contribution is -2.36. The minimum absolute atomic E-state index is 0. The minimum Gasteiger partial charge on any atom is -0.352 e. The second kappa shape index (κ2) is 8.66. The van der Waals surface area contributed by atoms with Gasteiger partial charge >= 0.3 is 0 Å². The van der Waals surface area contributed by atoms with Crippen LogP contribution in [0.25, 0.3) is 0 Å². The molecule has 1 aromatic heterocycles. The summed E-state index contributed by atoms with van der Waals surface area (Å²) in [6.45, 7) is 3.54. The summed E-state index contributed by atoms with van der Waals surface area (Å²) in [7, 11) is 3.70. The van der Waals surface area contributed by atoms with Crippen molar-refractivity contribution >= 4 is 29.9 Å². The van der Waals surface area contributed by atoms with E-state index in [1.165, 1.54) is 11.1 Å². The van der Waals surface area contributed by atoms with Gasteiger partial charge < -0.3 is 10.6 Å². The first-order valence-electron chi connectivity index (χ1n) is 6.66. The summed E-state index contributed by atoms with van der Waals surface area (Å²) >= 11 is 0. The highest BCUT2D eigenvalue weighted by Crippen LogP contribution is 2.02. The van der Waals surface area contributed by atoms with Gasteiger partial charge in [-0.2, -0.15) is 5.10 Å². The normalized spacial score (nSPS) is 10.9. The van der Waals surface area contributed by atoms with Crippen LogP contribution < -0.4 is 10.6 Å². The molecule has 0 bridgehead atoms. The van der Waals surface area contributed by atoms with Gasteiger partial charge in [0.05, 0.1) is 12.2 Å². The summed E-state index contributed by atoms with van der Waals surface area (Å²) in [5.74, 6) is 0.784. The van der Waals surface area contributed by atoms with E-state index in [-0.39, 0.29) is 24.0 Å². The molecule has 0 atom stereocenters. The third-order valence-electron chi connectivity index (χ3n) is 3.16. The lowest BCUT2D eigenvalue weighted by Gasteiger charge is -2.12. The van der Waals surface area contributed by atoms with E-state index >= 15 is 0 Å². The maximum Gasteiger partial charge on any atom is 0.191 e. The molecule has 5 nitrogen and oxygen atoms in total. The van der Waals surface area contributed by atoms with E-state index in [0.29, 0.717) is 6.54 Å². The summed E-state index contributed by atoms with van der Waals surface area (Å²) in [4.78, 5) is 4.21. The molecular weight excluding hydrogens is 377 g/mol. The summed E-state index contributed by atoms with van der Waals surface area (Å²) in [5.41, 5.74) is 3.62. The Bertz CT molecular complexity index is 574. The molecular formula is C15H22IN5. The van der Waals surface area contributed by atoms with E-state index in [9.17, 15) is 0 Å². The summed E-state index contributed by atoms with van der Waals surface area (Å²) < 4.78 is 1.85. The minimum atomic E-state index is 0. The van der Waals surface area contributed by atoms with Crippen molar-refractivity contribution in [2.24, 2.45) is 12.0 Å². The molecule has 114 valence electrons. The Kier molecular flexibility index (Phi) is 7.21. The van der Waals surface area contributed by atoms with Gasteiger partial charge in [-0.1, -0.05) is 29.8 Å². The van der Waals surface area contributed by atoms with Crippen molar-refractivity contribution in [2.75, 3.05) is 7.05 Å². The van der Waals surface area contributed by atoms with Crippen molar-refractivity contribution in [3.8, 4) is 0 Å². The molecule has 1 aromatic carbocycles. The van der Waals surface area contributed by atoms with Gasteiger partial charge in [0.1, 0.15) is 0 Å². The van der Waals surface area contributed by atoms with E-state index in [4.69, 9.17) is 0 Å². The Balaban J connectivity index is 0.00000220. The van der Waals surface area contributed by atoms with Crippen LogP contribution in [-0.4, -0.2) is 22.8 Å². The van der Waals surface area contributed by atoms with Gasteiger partial charge in [0.15, 0.2) is 5.96 Å². The molecule has 0 saturated heterocycles. The van der Waals surface area contributed by atoms with Gasteiger partial charge in [-0.15, -0.1) is 24.0 Å². The number of hydrogen-bond donors (Lipinski definition) is 2. The number of guanidine groups is 1. The van der Waals surface area contributed by atoms with Crippen molar-refractivity contribution in [1.29, 1.82) is 0 Å². The van der Waals surface area contributed by atoms with Crippen LogP contribution in [0.2, 0.25) is 0 Å². The number of aromatic nitrogens is 2. The third kappa shape index (κ3) is 5.37. The van der Waals surface area contributed by atoms with Gasteiger partial charge in [-0.3, -0.25) is 9.67 Å². The van der Waals surface area contributed by atoms with Crippen LogP contribution in [0.5, 0.6) is 0 Å². The fraction of sp³-hybridized carbons (Fsp3) is 0.333. The number of nitrogens with one attached hydrogen (secondary N) is 2. The zero-order valence-corrected chi connectivity index (χ0v) is 15.0. The molecule has 0 saturated carbocycles. The maximum atomic E-state index is 4.21. The molecule has 0 unspecified atom stereocenters. The van der Waals surface area contributed by atoms with Crippen molar-refractivity contribution in [2.45, 2.75) is 20.0 Å². The highest BCUT2D eigenvalue weighted by atomic mass is 127. The van der Waals surface area contributed by atoms with Gasteiger partial charge in [0.2, 0.25) is 0 Å². The van der Waals surface area contributed by atoms with Crippen molar-refractivity contribution in [3.63, 3.8) is 0 Å². The monoisotopic (exact) mass is 399 g/mol. The fourth-order valence-electron chi connectivity index (χ4n) is 1.86. The van der Waals surface area contributed by atoms with E-state index < -0.39 is 0 Å². The summed E-state index contributed by atoms with van der Waals surface area (Å²) in [6, 6.07) is 10.5. The average Bonchev–Trinajstić information content (AvgIpc) is 2.86. The molecule has 0 aliphatic rings. The van der Waals surface area contributed by atoms with E-state index in [0.717, 1.165) is 18.2 Å². The lowest BCUT2D eigenvalue weighted by molar-refractivity contribution is 0.684. The van der Waals surface area contributed by atoms with Crippen LogP contribution >= 0.6 is 24.0 Å². The van der Waals surface area contributed by atoms with Crippen LogP contribution in [0.4, 0.5) is 0 Å². The van der Waals surface area contributed by atoms with Crippen molar-refractivity contribution in [1.82, 2.24) is 20.4 Å². The number of hydrogen-bond acceptors (Lipinski definition) is 2.